The highest BCUT2D eigenvalue weighted by Gasteiger charge is 2.43. The number of unbranched alkanes of at least 4 members (excludes halogenated alkanes) is 1. The quantitative estimate of drug-likeness (QED) is 0.132. The maximum Gasteiger partial charge on any atom is 0.490 e. The van der Waals surface area contributed by atoms with E-state index in [2.05, 4.69) is 40.3 Å². The first kappa shape index (κ1) is 31.6. The lowest BCUT2D eigenvalue weighted by Gasteiger charge is -2.19. The Hall–Kier alpha value is -2.30. The van der Waals surface area contributed by atoms with Crippen LogP contribution in [0.3, 0.4) is 0 Å². The molecule has 0 spiro atoms. The molecule has 1 aliphatic heterocycles. The van der Waals surface area contributed by atoms with Gasteiger partial charge >= 0.3 is 23.5 Å². The van der Waals surface area contributed by atoms with Gasteiger partial charge in [-0.2, -0.15) is 18.6 Å². The third-order valence-electron chi connectivity index (χ3n) is 5.81. The minimum atomic E-state index is -5.68. The van der Waals surface area contributed by atoms with E-state index in [9.17, 15) is 28.6 Å². The molecule has 0 saturated carbocycles. The van der Waals surface area contributed by atoms with Crippen LogP contribution in [0.5, 0.6) is 0 Å². The van der Waals surface area contributed by atoms with Crippen LogP contribution in [0.2, 0.25) is 0 Å². The van der Waals surface area contributed by atoms with Crippen LogP contribution in [0.4, 0.5) is 17.5 Å². The minimum Gasteiger partial charge on any atom is -0.390 e. The molecule has 3 heterocycles. The maximum atomic E-state index is 12.0. The van der Waals surface area contributed by atoms with Crippen LogP contribution in [0.1, 0.15) is 38.0 Å². The Labute approximate surface area is 232 Å². The molecule has 5 atom stereocenters. The van der Waals surface area contributed by atoms with Gasteiger partial charge in [-0.15, -0.1) is 0 Å². The number of imidazole rings is 1. The number of hydrogen-bond donors (Lipinski definition) is 7. The van der Waals surface area contributed by atoms with Gasteiger partial charge in [-0.25, -0.2) is 18.7 Å². The molecule has 41 heavy (non-hydrogen) atoms. The predicted molar refractivity (Wildman–Crippen MR) is 142 cm³/mol. The van der Waals surface area contributed by atoms with Gasteiger partial charge in [0.25, 0.3) is 0 Å². The number of aliphatic hydroxyl groups excluding tert-OH is 1. The van der Waals surface area contributed by atoms with Crippen LogP contribution >= 0.6 is 23.5 Å². The standard InChI is InChI=1S/C20H29N6O12P3/c1-2-3-4-12-5-7-13(8-6-12)23-20-24-18(21)17-19(25-20)26(11-22-17)16-9-14(27)15(36-16)10-35-40(31,32)38-41(33,34)37-39(28,29)30/h5-8,11,14-16,27H,2-4,9-10H2,1H3,(H,31,32)(H,33,34)(H2,28,29,30)(H3,21,23,24,25)/t14-,15+,16+/m0/s1. The zero-order valence-electron chi connectivity index (χ0n) is 21.5. The van der Waals surface area contributed by atoms with E-state index < -0.39 is 48.5 Å². The Balaban J connectivity index is 1.44. The summed E-state index contributed by atoms with van der Waals surface area (Å²) in [7, 11) is -16.6. The Morgan fingerprint density at radius 1 is 1.10 bits per heavy atom. The number of aliphatic hydroxyl groups is 1. The van der Waals surface area contributed by atoms with Crippen LogP contribution in [0, 0.1) is 0 Å². The van der Waals surface area contributed by atoms with Crippen LogP contribution in [-0.4, -0.2) is 63.0 Å². The first-order chi connectivity index (χ1) is 19.1. The van der Waals surface area contributed by atoms with Gasteiger partial charge in [-0.1, -0.05) is 25.5 Å². The molecule has 21 heteroatoms. The maximum absolute atomic E-state index is 12.0. The zero-order valence-corrected chi connectivity index (χ0v) is 24.1. The number of phosphoric acid groups is 3. The number of anilines is 3. The van der Waals surface area contributed by atoms with Gasteiger partial charge in [0, 0.05) is 12.1 Å². The number of ether oxygens (including phenoxy) is 1. The smallest absolute Gasteiger partial charge is 0.390 e. The minimum absolute atomic E-state index is 0.0399. The van der Waals surface area contributed by atoms with Crippen LogP contribution < -0.4 is 11.1 Å². The summed E-state index contributed by atoms with van der Waals surface area (Å²) in [6.45, 7) is 1.31. The van der Waals surface area contributed by atoms with E-state index in [4.69, 9.17) is 20.3 Å². The number of aromatic nitrogens is 4. The van der Waals surface area contributed by atoms with Crippen molar-refractivity contribution in [3.05, 3.63) is 36.2 Å². The first-order valence-corrected chi connectivity index (χ1v) is 16.6. The normalized spacial score (nSPS) is 22.4. The van der Waals surface area contributed by atoms with Crippen molar-refractivity contribution in [1.82, 2.24) is 19.5 Å². The van der Waals surface area contributed by atoms with E-state index in [1.54, 1.807) is 0 Å². The second-order valence-corrected chi connectivity index (χ2v) is 13.4. The summed E-state index contributed by atoms with van der Waals surface area (Å²) in [5, 5.41) is 13.5. The van der Waals surface area contributed by atoms with Crippen molar-refractivity contribution in [3.8, 4) is 0 Å². The number of nitrogens with one attached hydrogen (secondary N) is 1. The highest BCUT2D eigenvalue weighted by atomic mass is 31.3. The SMILES string of the molecule is CCCCc1ccc(Nc2nc(N)c3ncn([C@H]4C[C@H](O)[C@@H](COP(=O)(O)OP(=O)(O)OP(=O)(O)O)O4)c3n2)cc1. The van der Waals surface area contributed by atoms with Crippen LogP contribution in [0.25, 0.3) is 11.2 Å². The Bertz CT molecular complexity index is 1520. The number of aryl methyl sites for hydroxylation is 1. The fraction of sp³-hybridized carbons (Fsp3) is 0.450. The van der Waals surface area contributed by atoms with E-state index in [1.807, 2.05) is 24.3 Å². The molecule has 226 valence electrons. The summed E-state index contributed by atoms with van der Waals surface area (Å²) >= 11 is 0. The number of nitrogens with two attached hydrogens (primary N) is 1. The van der Waals surface area contributed by atoms with Gasteiger partial charge in [-0.3, -0.25) is 9.09 Å². The van der Waals surface area contributed by atoms with Crippen LogP contribution in [-0.2, 0) is 38.0 Å². The molecule has 2 aromatic heterocycles. The van der Waals surface area contributed by atoms with Crippen LogP contribution in [0.15, 0.2) is 30.6 Å². The summed E-state index contributed by atoms with van der Waals surface area (Å²) in [5.41, 5.74) is 8.55. The fourth-order valence-corrected chi connectivity index (χ4v) is 7.01. The third kappa shape index (κ3) is 8.61. The largest absolute Gasteiger partial charge is 0.490 e. The van der Waals surface area contributed by atoms with E-state index in [-0.39, 0.29) is 29.4 Å². The van der Waals surface area contributed by atoms with Crippen molar-refractivity contribution in [2.75, 3.05) is 17.7 Å². The molecule has 1 saturated heterocycles. The first-order valence-electron chi connectivity index (χ1n) is 12.1. The highest BCUT2D eigenvalue weighted by molar-refractivity contribution is 7.66. The van der Waals surface area contributed by atoms with Crippen molar-refractivity contribution < 1.29 is 56.3 Å². The van der Waals surface area contributed by atoms with E-state index in [0.717, 1.165) is 24.9 Å². The molecule has 0 aliphatic carbocycles. The van der Waals surface area contributed by atoms with Gasteiger partial charge in [0.05, 0.1) is 19.0 Å². The van der Waals surface area contributed by atoms with E-state index in [1.165, 1.54) is 16.5 Å². The average molecular weight is 638 g/mol. The van der Waals surface area contributed by atoms with E-state index >= 15 is 0 Å². The highest BCUT2D eigenvalue weighted by Crippen LogP contribution is 2.66. The molecule has 2 unspecified atom stereocenters. The number of nitrogen functional groups attached to an aromatic ring is 1. The number of nitrogens with zero attached hydrogens (tertiary/aromatic N) is 4. The molecule has 0 bridgehead atoms. The molecule has 3 aromatic rings. The average Bonchev–Trinajstić information content (AvgIpc) is 3.43. The van der Waals surface area contributed by atoms with Crippen molar-refractivity contribution in [1.29, 1.82) is 0 Å². The number of rotatable bonds is 13. The third-order valence-corrected chi connectivity index (χ3v) is 9.61. The topological polar surface area (TPSA) is 271 Å². The monoisotopic (exact) mass is 638 g/mol. The van der Waals surface area contributed by atoms with Gasteiger partial charge in [0.2, 0.25) is 5.95 Å². The predicted octanol–water partition coefficient (Wildman–Crippen LogP) is 2.49. The second kappa shape index (κ2) is 12.5. The zero-order chi connectivity index (χ0) is 30.0. The molecule has 4 rings (SSSR count). The molecule has 0 amide bonds. The Morgan fingerprint density at radius 3 is 2.46 bits per heavy atom. The van der Waals surface area contributed by atoms with Gasteiger partial charge in [0.1, 0.15) is 17.8 Å². The van der Waals surface area contributed by atoms with Gasteiger partial charge < -0.3 is 40.5 Å². The lowest BCUT2D eigenvalue weighted by Crippen LogP contribution is -2.26. The second-order valence-electron chi connectivity index (χ2n) is 9.00. The molecule has 1 aliphatic rings. The van der Waals surface area contributed by atoms with E-state index in [0.29, 0.717) is 0 Å². The summed E-state index contributed by atoms with van der Waals surface area (Å²) in [6.07, 6.45) is 1.12. The molecule has 8 N–H and O–H groups in total. The van der Waals surface area contributed by atoms with Gasteiger partial charge in [0.15, 0.2) is 11.5 Å². The van der Waals surface area contributed by atoms with Crippen molar-refractivity contribution >= 4 is 52.1 Å². The number of benzene rings is 1. The van der Waals surface area contributed by atoms with Gasteiger partial charge in [-0.05, 0) is 30.5 Å². The number of fused-ring (bicyclic) bond motifs is 1. The summed E-state index contributed by atoms with van der Waals surface area (Å²) < 4.78 is 53.4. The molecular formula is C20H29N6O12P3. The molecule has 1 fully saturated rings. The van der Waals surface area contributed by atoms with Crippen molar-refractivity contribution in [2.45, 2.75) is 51.0 Å². The van der Waals surface area contributed by atoms with Crippen molar-refractivity contribution in [2.24, 2.45) is 0 Å². The molecule has 1 aromatic carbocycles. The molecule has 18 nitrogen and oxygen atoms in total. The molecule has 0 radical (unpaired) electrons. The Kier molecular flexibility index (Phi) is 9.65. The lowest BCUT2D eigenvalue weighted by atomic mass is 10.1. The number of hydrogen-bond acceptors (Lipinski definition) is 13. The van der Waals surface area contributed by atoms with Crippen molar-refractivity contribution in [3.63, 3.8) is 0 Å². The fourth-order valence-electron chi connectivity index (χ4n) is 3.98. The summed E-state index contributed by atoms with van der Waals surface area (Å²) in [6, 6.07) is 7.79. The Morgan fingerprint density at radius 2 is 1.80 bits per heavy atom. The lowest BCUT2D eigenvalue weighted by molar-refractivity contribution is -0.0423. The summed E-state index contributed by atoms with van der Waals surface area (Å²) in [4.78, 5) is 49.1. The molecular weight excluding hydrogens is 609 g/mol. The number of phosphoric ester groups is 1. The summed E-state index contributed by atoms with van der Waals surface area (Å²) in [5.74, 6) is 0.263.